The van der Waals surface area contributed by atoms with Gasteiger partial charge in [0.2, 0.25) is 5.91 Å². The van der Waals surface area contributed by atoms with Crippen LogP contribution < -0.4 is 10.2 Å². The first-order valence-corrected chi connectivity index (χ1v) is 7.52. The van der Waals surface area contributed by atoms with Crippen LogP contribution >= 0.6 is 15.9 Å². The van der Waals surface area contributed by atoms with Gasteiger partial charge in [-0.2, -0.15) is 0 Å². The molecule has 2 amide bonds. The zero-order chi connectivity index (χ0) is 15.1. The molecule has 20 heavy (non-hydrogen) atoms. The van der Waals surface area contributed by atoms with Gasteiger partial charge in [-0.25, -0.2) is 0 Å². The molecule has 1 saturated heterocycles. The topological polar surface area (TPSA) is 49.4 Å². The zero-order valence-corrected chi connectivity index (χ0v) is 13.7. The first-order chi connectivity index (χ1) is 9.31. The molecule has 0 aromatic heterocycles. The van der Waals surface area contributed by atoms with Crippen molar-refractivity contribution < 1.29 is 9.59 Å². The number of rotatable bonds is 2. The van der Waals surface area contributed by atoms with E-state index in [0.717, 1.165) is 15.7 Å². The van der Waals surface area contributed by atoms with E-state index in [1.807, 2.05) is 32.0 Å². The number of amides is 2. The second kappa shape index (κ2) is 5.20. The van der Waals surface area contributed by atoms with Gasteiger partial charge in [-0.05, 0) is 54.8 Å². The minimum Gasteiger partial charge on any atom is -0.340 e. The molecule has 0 bridgehead atoms. The molecule has 0 spiro atoms. The predicted molar refractivity (Wildman–Crippen MR) is 82.7 cm³/mol. The van der Waals surface area contributed by atoms with Gasteiger partial charge in [0.25, 0.3) is 5.91 Å². The number of hydrogen-bond donors (Lipinski definition) is 1. The molecule has 4 nitrogen and oxygen atoms in total. The van der Waals surface area contributed by atoms with E-state index in [-0.39, 0.29) is 11.8 Å². The van der Waals surface area contributed by atoms with E-state index in [0.29, 0.717) is 6.42 Å². The molecule has 1 aromatic rings. The number of hydrogen-bond acceptors (Lipinski definition) is 2. The maximum absolute atomic E-state index is 12.8. The number of carbonyl (C=O) groups is 2. The summed E-state index contributed by atoms with van der Waals surface area (Å²) >= 11 is 3.52. The highest BCUT2D eigenvalue weighted by molar-refractivity contribution is 9.10. The van der Waals surface area contributed by atoms with E-state index < -0.39 is 11.6 Å². The van der Waals surface area contributed by atoms with E-state index in [1.54, 1.807) is 18.7 Å². The highest BCUT2D eigenvalue weighted by Crippen LogP contribution is 2.34. The lowest BCUT2D eigenvalue weighted by Crippen LogP contribution is -2.68. The summed E-state index contributed by atoms with van der Waals surface area (Å²) in [6, 6.07) is 5.21. The van der Waals surface area contributed by atoms with E-state index in [1.165, 1.54) is 0 Å². The molecule has 1 aliphatic heterocycles. The van der Waals surface area contributed by atoms with Crippen LogP contribution in [0.3, 0.4) is 0 Å². The van der Waals surface area contributed by atoms with Crippen LogP contribution in [0.1, 0.15) is 32.8 Å². The molecule has 2 rings (SSSR count). The van der Waals surface area contributed by atoms with Crippen molar-refractivity contribution in [1.29, 1.82) is 0 Å². The Labute approximate surface area is 127 Å². The van der Waals surface area contributed by atoms with Crippen LogP contribution in [-0.4, -0.2) is 23.4 Å². The number of anilines is 1. The summed E-state index contributed by atoms with van der Waals surface area (Å²) < 4.78 is 0.855. The highest BCUT2D eigenvalue weighted by atomic mass is 79.9. The average Bonchev–Trinajstić information content (AvgIpc) is 2.41. The Morgan fingerprint density at radius 3 is 2.65 bits per heavy atom. The monoisotopic (exact) mass is 338 g/mol. The van der Waals surface area contributed by atoms with Gasteiger partial charge in [-0.3, -0.25) is 14.5 Å². The van der Waals surface area contributed by atoms with E-state index >= 15 is 0 Å². The SMILES string of the molecule is CCC1(C)NC(=O)C(C)N(c2cccc(C)c2Br)C1=O. The van der Waals surface area contributed by atoms with E-state index in [9.17, 15) is 9.59 Å². The number of nitrogens with one attached hydrogen (secondary N) is 1. The van der Waals surface area contributed by atoms with Crippen molar-refractivity contribution in [2.45, 2.75) is 45.7 Å². The minimum absolute atomic E-state index is 0.0709. The lowest BCUT2D eigenvalue weighted by molar-refractivity contribution is -0.137. The highest BCUT2D eigenvalue weighted by Gasteiger charge is 2.46. The Bertz CT molecular complexity index is 573. The zero-order valence-electron chi connectivity index (χ0n) is 12.2. The molecule has 0 aliphatic carbocycles. The first kappa shape index (κ1) is 15.0. The molecule has 5 heteroatoms. The third kappa shape index (κ3) is 2.24. The fourth-order valence-corrected chi connectivity index (χ4v) is 2.82. The summed E-state index contributed by atoms with van der Waals surface area (Å²) in [5, 5.41) is 2.83. The van der Waals surface area contributed by atoms with Gasteiger partial charge in [0.1, 0.15) is 11.6 Å². The van der Waals surface area contributed by atoms with Gasteiger partial charge >= 0.3 is 0 Å². The average molecular weight is 339 g/mol. The van der Waals surface area contributed by atoms with Crippen LogP contribution in [0.4, 0.5) is 5.69 Å². The smallest absolute Gasteiger partial charge is 0.253 e. The number of halogens is 1. The lowest BCUT2D eigenvalue weighted by Gasteiger charge is -2.43. The summed E-state index contributed by atoms with van der Waals surface area (Å²) in [4.78, 5) is 26.6. The van der Waals surface area contributed by atoms with Gasteiger partial charge in [-0.15, -0.1) is 0 Å². The molecule has 2 atom stereocenters. The van der Waals surface area contributed by atoms with Crippen molar-refractivity contribution in [2.24, 2.45) is 0 Å². The van der Waals surface area contributed by atoms with Crippen molar-refractivity contribution in [2.75, 3.05) is 4.90 Å². The molecule has 0 saturated carbocycles. The molecule has 1 N–H and O–H groups in total. The standard InChI is InChI=1S/C15H19BrN2O2/c1-5-15(4)14(20)18(10(3)13(19)17-15)11-8-6-7-9(2)12(11)16/h6-8,10H,5H2,1-4H3,(H,17,19). The largest absolute Gasteiger partial charge is 0.340 e. The minimum atomic E-state index is -0.840. The van der Waals surface area contributed by atoms with E-state index in [4.69, 9.17) is 0 Å². The number of nitrogens with zero attached hydrogens (tertiary/aromatic N) is 1. The number of piperazine rings is 1. The Morgan fingerprint density at radius 1 is 1.40 bits per heavy atom. The Hall–Kier alpha value is -1.36. The first-order valence-electron chi connectivity index (χ1n) is 6.72. The molecular formula is C15H19BrN2O2. The predicted octanol–water partition coefficient (Wildman–Crippen LogP) is 2.78. The molecule has 1 fully saturated rings. The molecule has 1 aromatic carbocycles. The van der Waals surface area contributed by atoms with Crippen LogP contribution in [0.25, 0.3) is 0 Å². The maximum Gasteiger partial charge on any atom is 0.253 e. The second-order valence-electron chi connectivity index (χ2n) is 5.43. The van der Waals surface area contributed by atoms with Gasteiger partial charge in [0.15, 0.2) is 0 Å². The van der Waals surface area contributed by atoms with Crippen LogP contribution in [-0.2, 0) is 9.59 Å². The van der Waals surface area contributed by atoms with Gasteiger partial charge in [0, 0.05) is 4.47 Å². The normalized spacial score (nSPS) is 26.6. The lowest BCUT2D eigenvalue weighted by atomic mass is 9.91. The van der Waals surface area contributed by atoms with Crippen molar-refractivity contribution in [1.82, 2.24) is 5.32 Å². The molecule has 2 unspecified atom stereocenters. The summed E-state index contributed by atoms with van der Waals surface area (Å²) in [6.45, 7) is 7.39. The number of carbonyl (C=O) groups excluding carboxylic acids is 2. The summed E-state index contributed by atoms with van der Waals surface area (Å²) in [7, 11) is 0. The van der Waals surface area contributed by atoms with Crippen LogP contribution in [0.15, 0.2) is 22.7 Å². The van der Waals surface area contributed by atoms with Gasteiger partial charge < -0.3 is 5.32 Å². The molecule has 108 valence electrons. The molecular weight excluding hydrogens is 320 g/mol. The maximum atomic E-state index is 12.8. The number of benzene rings is 1. The molecule has 1 aliphatic rings. The summed E-state index contributed by atoms with van der Waals surface area (Å²) in [5.41, 5.74) is 0.941. The quantitative estimate of drug-likeness (QED) is 0.901. The van der Waals surface area contributed by atoms with Crippen molar-refractivity contribution >= 4 is 33.4 Å². The van der Waals surface area contributed by atoms with Gasteiger partial charge in [0.05, 0.1) is 5.69 Å². The van der Waals surface area contributed by atoms with Crippen LogP contribution in [0, 0.1) is 6.92 Å². The van der Waals surface area contributed by atoms with Gasteiger partial charge in [-0.1, -0.05) is 19.1 Å². The summed E-state index contributed by atoms with van der Waals surface area (Å²) in [6.07, 6.45) is 0.560. The van der Waals surface area contributed by atoms with Crippen LogP contribution in [0.2, 0.25) is 0 Å². The van der Waals surface area contributed by atoms with Crippen molar-refractivity contribution in [3.05, 3.63) is 28.2 Å². The fraction of sp³-hybridized carbons (Fsp3) is 0.467. The van der Waals surface area contributed by atoms with E-state index in [2.05, 4.69) is 21.2 Å². The Balaban J connectivity index is 2.55. The number of aryl methyl sites for hydroxylation is 1. The second-order valence-corrected chi connectivity index (χ2v) is 6.23. The Kier molecular flexibility index (Phi) is 3.91. The third-order valence-electron chi connectivity index (χ3n) is 3.99. The van der Waals surface area contributed by atoms with Crippen LogP contribution in [0.5, 0.6) is 0 Å². The fourth-order valence-electron chi connectivity index (χ4n) is 2.36. The summed E-state index contributed by atoms with van der Waals surface area (Å²) in [5.74, 6) is -0.194. The third-order valence-corrected chi connectivity index (χ3v) is 5.03. The Morgan fingerprint density at radius 2 is 2.05 bits per heavy atom. The molecule has 1 heterocycles. The van der Waals surface area contributed by atoms with Crippen molar-refractivity contribution in [3.8, 4) is 0 Å². The molecule has 0 radical (unpaired) electrons. The van der Waals surface area contributed by atoms with Crippen molar-refractivity contribution in [3.63, 3.8) is 0 Å².